The summed E-state index contributed by atoms with van der Waals surface area (Å²) < 4.78 is 48.4. The number of halogens is 2. The highest BCUT2D eigenvalue weighted by molar-refractivity contribution is 9.11. The number of nitrogen functional groups attached to an aromatic ring is 1. The second-order valence-electron chi connectivity index (χ2n) is 22.2. The SMILES string of the molecule is CC1(C)OB(B2OC(C)(C)C(C)(C)O2)OC1(C)C.Cc1ccc(B2OC(C)(C)C(C)(C)O2)c(NC(=O)OC(C)(C)C)c1.Cc1ccc(Br)c(N)c1.Cc1ccc(Br)c(NC(=O)OC(C)(C)C)c1.[CH3-]. The van der Waals surface area contributed by atoms with Crippen LogP contribution in [0.15, 0.2) is 63.5 Å². The number of benzene rings is 3. The smallest absolute Gasteiger partial charge is 0.444 e. The first-order chi connectivity index (χ1) is 30.2. The van der Waals surface area contributed by atoms with Gasteiger partial charge in [-0.2, -0.15) is 0 Å². The molecule has 0 aromatic heterocycles. The maximum Gasteiger partial charge on any atom is 0.496 e. The molecule has 3 aromatic carbocycles. The molecule has 6 rings (SSSR count). The van der Waals surface area contributed by atoms with Crippen molar-refractivity contribution in [3.05, 3.63) is 87.7 Å². The van der Waals surface area contributed by atoms with Gasteiger partial charge in [-0.25, -0.2) is 9.59 Å². The number of aryl methyl sites for hydroxylation is 3. The van der Waals surface area contributed by atoms with E-state index in [0.717, 1.165) is 31.2 Å². The van der Waals surface area contributed by atoms with Gasteiger partial charge in [0.1, 0.15) is 11.2 Å². The maximum atomic E-state index is 12.1. The molecule has 3 heterocycles. The van der Waals surface area contributed by atoms with Crippen LogP contribution in [0.2, 0.25) is 0 Å². The fourth-order valence-electron chi connectivity index (χ4n) is 6.18. The minimum atomic E-state index is -0.557. The summed E-state index contributed by atoms with van der Waals surface area (Å²) in [6, 6.07) is 17.4. The zero-order valence-electron chi connectivity index (χ0n) is 44.8. The van der Waals surface area contributed by atoms with Crippen molar-refractivity contribution >= 4 is 87.7 Å². The molecule has 0 aliphatic carbocycles. The molecule has 0 radical (unpaired) electrons. The molecule has 3 fully saturated rings. The van der Waals surface area contributed by atoms with Gasteiger partial charge in [0.15, 0.2) is 0 Å². The molecule has 0 saturated carbocycles. The van der Waals surface area contributed by atoms with Crippen molar-refractivity contribution in [2.75, 3.05) is 16.4 Å². The molecule has 0 atom stereocenters. The molecule has 0 bridgehead atoms. The van der Waals surface area contributed by atoms with Gasteiger partial charge in [-0.3, -0.25) is 10.6 Å². The van der Waals surface area contributed by atoms with Gasteiger partial charge in [-0.15, -0.1) is 0 Å². The Balaban J connectivity index is 0.000000324. The van der Waals surface area contributed by atoms with Crippen LogP contribution in [-0.2, 0) is 37.4 Å². The summed E-state index contributed by atoms with van der Waals surface area (Å²) in [6.45, 7) is 41.2. The van der Waals surface area contributed by atoms with Crippen molar-refractivity contribution in [3.63, 3.8) is 0 Å². The zero-order chi connectivity index (χ0) is 51.5. The minimum absolute atomic E-state index is 0. The predicted molar refractivity (Wildman–Crippen MR) is 287 cm³/mol. The fraction of sp³-hybridized carbons (Fsp3) is 0.580. The number of hydrogen-bond donors (Lipinski definition) is 3. The second-order valence-corrected chi connectivity index (χ2v) is 23.9. The third-order valence-corrected chi connectivity index (χ3v) is 13.4. The predicted octanol–water partition coefficient (Wildman–Crippen LogP) is 12.8. The van der Waals surface area contributed by atoms with Crippen LogP contribution in [0.5, 0.6) is 0 Å². The monoisotopic (exact) mass is 1070 g/mol. The number of nitrogens with two attached hydrogens (primary N) is 1. The molecule has 3 saturated heterocycles. The van der Waals surface area contributed by atoms with Gasteiger partial charge in [-0.1, -0.05) is 24.3 Å². The number of anilines is 3. The lowest BCUT2D eigenvalue weighted by atomic mass is 9.49. The minimum Gasteiger partial charge on any atom is -0.444 e. The molecule has 3 aliphatic rings. The van der Waals surface area contributed by atoms with E-state index >= 15 is 0 Å². The third kappa shape index (κ3) is 17.1. The Morgan fingerprint density at radius 3 is 1.18 bits per heavy atom. The van der Waals surface area contributed by atoms with Crippen molar-refractivity contribution in [3.8, 4) is 0 Å². The Kier molecular flexibility index (Phi) is 20.2. The Morgan fingerprint density at radius 1 is 0.515 bits per heavy atom. The van der Waals surface area contributed by atoms with E-state index in [4.69, 9.17) is 43.1 Å². The van der Waals surface area contributed by atoms with E-state index in [9.17, 15) is 9.59 Å². The number of carbonyl (C=O) groups is 2. The highest BCUT2D eigenvalue weighted by Crippen LogP contribution is 2.43. The van der Waals surface area contributed by atoms with Gasteiger partial charge in [0.05, 0.1) is 39.3 Å². The van der Waals surface area contributed by atoms with Crippen molar-refractivity contribution in [2.24, 2.45) is 0 Å². The number of hydrogen-bond acceptors (Lipinski definition) is 11. The molecule has 3 aliphatic heterocycles. The van der Waals surface area contributed by atoms with Crippen LogP contribution in [0.4, 0.5) is 26.7 Å². The molecule has 2 amide bonds. The van der Waals surface area contributed by atoms with Gasteiger partial charge in [0.25, 0.3) is 0 Å². The molecule has 3 aromatic rings. The Labute approximate surface area is 426 Å². The van der Waals surface area contributed by atoms with Crippen LogP contribution in [0.1, 0.15) is 141 Å². The summed E-state index contributed by atoms with van der Waals surface area (Å²) in [5, 5.41) is 5.52. The molecular formula is C50H79B3Br2N3O10-. The van der Waals surface area contributed by atoms with E-state index in [1.165, 1.54) is 5.56 Å². The molecule has 13 nitrogen and oxygen atoms in total. The quantitative estimate of drug-likeness (QED) is 0.130. The van der Waals surface area contributed by atoms with E-state index < -0.39 is 55.7 Å². The second kappa shape index (κ2) is 22.6. The first-order valence-corrected chi connectivity index (χ1v) is 24.2. The number of rotatable bonds is 4. The van der Waals surface area contributed by atoms with Crippen molar-refractivity contribution < 1.29 is 47.0 Å². The van der Waals surface area contributed by atoms with Gasteiger partial charge < -0.3 is 50.6 Å². The first kappa shape index (κ1) is 61.0. The third-order valence-electron chi connectivity index (χ3n) is 12.0. The number of ether oxygens (including phenoxy) is 2. The average Bonchev–Trinajstić information content (AvgIpc) is 3.60. The largest absolute Gasteiger partial charge is 0.496 e. The summed E-state index contributed by atoms with van der Waals surface area (Å²) >= 11 is 6.67. The van der Waals surface area contributed by atoms with E-state index in [1.807, 2.05) is 200 Å². The van der Waals surface area contributed by atoms with Crippen LogP contribution in [-0.4, -0.2) is 78.1 Å². The fourth-order valence-corrected chi connectivity index (χ4v) is 6.77. The molecular weight excluding hydrogens is 995 g/mol. The summed E-state index contributed by atoms with van der Waals surface area (Å²) in [5.41, 5.74) is 8.45. The van der Waals surface area contributed by atoms with Gasteiger partial charge in [-0.05, 0) is 224 Å². The Morgan fingerprint density at radius 2 is 0.824 bits per heavy atom. The summed E-state index contributed by atoms with van der Waals surface area (Å²) in [6.07, 6.45) is -0.940. The average molecular weight is 1070 g/mol. The van der Waals surface area contributed by atoms with E-state index in [1.54, 1.807) is 0 Å². The van der Waals surface area contributed by atoms with Crippen LogP contribution < -0.4 is 21.8 Å². The van der Waals surface area contributed by atoms with Crippen LogP contribution in [0.25, 0.3) is 0 Å². The summed E-state index contributed by atoms with van der Waals surface area (Å²) in [4.78, 5) is 23.7. The highest BCUT2D eigenvalue weighted by Gasteiger charge is 2.63. The van der Waals surface area contributed by atoms with Gasteiger partial charge in [0, 0.05) is 25.8 Å². The maximum absolute atomic E-state index is 12.1. The molecule has 68 heavy (non-hydrogen) atoms. The van der Waals surface area contributed by atoms with Gasteiger partial charge >= 0.3 is 33.3 Å². The van der Waals surface area contributed by atoms with Crippen LogP contribution >= 0.6 is 31.9 Å². The lowest BCUT2D eigenvalue weighted by molar-refractivity contribution is 0.00578. The lowest BCUT2D eigenvalue weighted by Gasteiger charge is -2.32. The van der Waals surface area contributed by atoms with Crippen LogP contribution in [0.3, 0.4) is 0 Å². The van der Waals surface area contributed by atoms with Crippen molar-refractivity contribution in [1.82, 2.24) is 0 Å². The molecule has 4 N–H and O–H groups in total. The number of amides is 2. The van der Waals surface area contributed by atoms with E-state index in [2.05, 4.69) is 42.5 Å². The Hall–Kier alpha value is -3.09. The summed E-state index contributed by atoms with van der Waals surface area (Å²) in [5.74, 6) is 0. The number of carbonyl (C=O) groups excluding carboxylic acids is 2. The normalized spacial score (nSPS) is 19.1. The number of nitrogens with one attached hydrogen (secondary N) is 2. The lowest BCUT2D eigenvalue weighted by Crippen LogP contribution is -2.41. The first-order valence-electron chi connectivity index (χ1n) is 22.6. The molecule has 0 unspecified atom stereocenters. The molecule has 18 heteroatoms. The van der Waals surface area contributed by atoms with E-state index in [0.29, 0.717) is 11.4 Å². The Bertz CT molecular complexity index is 2130. The molecule has 0 spiro atoms. The zero-order valence-corrected chi connectivity index (χ0v) is 48.0. The standard InChI is InChI=1S/C18H28BNO4.C12H24B2O4.C12H16BrNO2.C7H8BrN.CH3/c1-12-9-10-13(19-23-17(5,6)18(7,8)24-19)14(11-12)20-15(21)22-16(2,3)4;1-9(2)10(3,4)16-13(15-9)14-17-11(5,6)12(7,8)18-14;1-8-5-6-9(13)10(7-8)14-11(15)16-12(2,3)4;1-5-2-3-6(8)7(9)4-5;/h9-11H,1-8H3,(H,20,21);1-8H3;5-7H,1-4H3,(H,14,15);2-4H,9H2,1H3;1H3/q;;;;-1. The topological polar surface area (TPSA) is 158 Å². The van der Waals surface area contributed by atoms with Crippen molar-refractivity contribution in [2.45, 2.75) is 190 Å². The van der Waals surface area contributed by atoms with Crippen LogP contribution in [0, 0.1) is 28.2 Å². The molecule has 378 valence electrons. The highest BCUT2D eigenvalue weighted by atomic mass is 79.9. The van der Waals surface area contributed by atoms with E-state index in [-0.39, 0.29) is 29.8 Å². The van der Waals surface area contributed by atoms with Crippen molar-refractivity contribution in [1.29, 1.82) is 0 Å². The van der Waals surface area contributed by atoms with Gasteiger partial charge in [0.2, 0.25) is 0 Å². The summed E-state index contributed by atoms with van der Waals surface area (Å²) in [7, 11) is -1.49.